The Morgan fingerprint density at radius 3 is 2.95 bits per heavy atom. The maximum Gasteiger partial charge on any atom is 0.251 e. The molecule has 2 heterocycles. The molecule has 3 atom stereocenters. The first-order valence-corrected chi connectivity index (χ1v) is 7.93. The number of hydrogen-bond donors (Lipinski definition) is 2. The van der Waals surface area contributed by atoms with Gasteiger partial charge in [0, 0.05) is 12.1 Å². The van der Waals surface area contributed by atoms with Crippen molar-refractivity contribution in [3.8, 4) is 0 Å². The monoisotopic (exact) mass is 288 g/mol. The van der Waals surface area contributed by atoms with Gasteiger partial charge in [-0.3, -0.25) is 4.79 Å². The SMILES string of the molecule is CNC(c1ccc2c(c1)C(=O)NCCC2)C1CCC(C)O1. The zero-order valence-corrected chi connectivity index (χ0v) is 12.8. The molecule has 0 radical (unpaired) electrons. The van der Waals surface area contributed by atoms with E-state index in [9.17, 15) is 4.79 Å². The van der Waals surface area contributed by atoms with Crippen LogP contribution in [-0.2, 0) is 11.2 Å². The Labute approximate surface area is 126 Å². The van der Waals surface area contributed by atoms with E-state index in [1.165, 1.54) is 0 Å². The lowest BCUT2D eigenvalue weighted by Crippen LogP contribution is -2.30. The topological polar surface area (TPSA) is 50.4 Å². The Morgan fingerprint density at radius 1 is 1.38 bits per heavy atom. The zero-order valence-electron chi connectivity index (χ0n) is 12.8. The van der Waals surface area contributed by atoms with Gasteiger partial charge in [-0.1, -0.05) is 12.1 Å². The van der Waals surface area contributed by atoms with E-state index in [-0.39, 0.29) is 18.1 Å². The van der Waals surface area contributed by atoms with Gasteiger partial charge in [-0.15, -0.1) is 0 Å². The molecule has 4 heteroatoms. The summed E-state index contributed by atoms with van der Waals surface area (Å²) in [7, 11) is 1.96. The Bertz CT molecular complexity index is 530. The molecule has 1 saturated heterocycles. The summed E-state index contributed by atoms with van der Waals surface area (Å²) in [6.07, 6.45) is 4.67. The normalized spacial score (nSPS) is 26.9. The molecule has 1 amide bonds. The van der Waals surface area contributed by atoms with E-state index < -0.39 is 0 Å². The number of ether oxygens (including phenoxy) is 1. The van der Waals surface area contributed by atoms with E-state index in [0.29, 0.717) is 6.10 Å². The Hall–Kier alpha value is -1.39. The molecule has 1 aromatic carbocycles. The summed E-state index contributed by atoms with van der Waals surface area (Å²) in [6, 6.07) is 6.45. The first-order valence-electron chi connectivity index (χ1n) is 7.93. The van der Waals surface area contributed by atoms with Gasteiger partial charge in [0.25, 0.3) is 5.91 Å². The molecule has 4 nitrogen and oxygen atoms in total. The lowest BCUT2D eigenvalue weighted by molar-refractivity contribution is 0.0333. The maximum atomic E-state index is 12.2. The van der Waals surface area contributed by atoms with Gasteiger partial charge >= 0.3 is 0 Å². The second-order valence-corrected chi connectivity index (χ2v) is 6.10. The fourth-order valence-corrected chi connectivity index (χ4v) is 3.44. The standard InChI is InChI=1S/C17H24N2O2/c1-11-5-8-15(21-11)16(18-2)13-7-6-12-4-3-9-19-17(20)14(12)10-13/h6-7,10-11,15-16,18H,3-5,8-9H2,1-2H3,(H,19,20). The van der Waals surface area contributed by atoms with Crippen LogP contribution in [-0.4, -0.2) is 31.7 Å². The van der Waals surface area contributed by atoms with E-state index in [2.05, 4.69) is 29.7 Å². The molecular formula is C17H24N2O2. The van der Waals surface area contributed by atoms with Crippen LogP contribution >= 0.6 is 0 Å². The van der Waals surface area contributed by atoms with Crippen LogP contribution < -0.4 is 10.6 Å². The van der Waals surface area contributed by atoms with Gasteiger partial charge in [-0.25, -0.2) is 0 Å². The fraction of sp³-hybridized carbons (Fsp3) is 0.588. The molecule has 3 unspecified atom stereocenters. The van der Waals surface area contributed by atoms with Gasteiger partial charge in [0.15, 0.2) is 0 Å². The fourth-order valence-electron chi connectivity index (χ4n) is 3.44. The van der Waals surface area contributed by atoms with Gasteiger partial charge < -0.3 is 15.4 Å². The van der Waals surface area contributed by atoms with Gasteiger partial charge in [0.2, 0.25) is 0 Å². The van der Waals surface area contributed by atoms with Crippen molar-refractivity contribution in [3.63, 3.8) is 0 Å². The highest BCUT2D eigenvalue weighted by Gasteiger charge is 2.30. The molecule has 2 N–H and O–H groups in total. The molecule has 0 bridgehead atoms. The third-order valence-corrected chi connectivity index (χ3v) is 4.59. The van der Waals surface area contributed by atoms with Crippen molar-refractivity contribution in [2.45, 2.75) is 50.9 Å². The van der Waals surface area contributed by atoms with E-state index >= 15 is 0 Å². The van der Waals surface area contributed by atoms with Crippen molar-refractivity contribution >= 4 is 5.91 Å². The van der Waals surface area contributed by atoms with Crippen molar-refractivity contribution in [1.29, 1.82) is 0 Å². The average Bonchev–Trinajstić information content (AvgIpc) is 2.82. The van der Waals surface area contributed by atoms with Crippen molar-refractivity contribution in [1.82, 2.24) is 10.6 Å². The van der Waals surface area contributed by atoms with Gasteiger partial charge in [0.1, 0.15) is 0 Å². The van der Waals surface area contributed by atoms with Crippen molar-refractivity contribution in [3.05, 3.63) is 34.9 Å². The van der Waals surface area contributed by atoms with Gasteiger partial charge in [-0.05, 0) is 56.8 Å². The van der Waals surface area contributed by atoms with Gasteiger partial charge in [0.05, 0.1) is 18.2 Å². The average molecular weight is 288 g/mol. The van der Waals surface area contributed by atoms with Crippen LogP contribution in [0.25, 0.3) is 0 Å². The van der Waals surface area contributed by atoms with Crippen molar-refractivity contribution < 1.29 is 9.53 Å². The molecule has 3 rings (SSSR count). The van der Waals surface area contributed by atoms with Crippen molar-refractivity contribution in [2.24, 2.45) is 0 Å². The Kier molecular flexibility index (Phi) is 4.27. The molecule has 2 aliphatic heterocycles. The number of aryl methyl sites for hydroxylation is 1. The van der Waals surface area contributed by atoms with Crippen LogP contribution in [0.5, 0.6) is 0 Å². The number of carbonyl (C=O) groups excluding carboxylic acids is 1. The summed E-state index contributed by atoms with van der Waals surface area (Å²) in [4.78, 5) is 12.2. The van der Waals surface area contributed by atoms with Crippen LogP contribution in [0.3, 0.4) is 0 Å². The molecule has 1 fully saturated rings. The van der Waals surface area contributed by atoms with E-state index in [0.717, 1.165) is 48.9 Å². The van der Waals surface area contributed by atoms with Crippen LogP contribution in [0.1, 0.15) is 53.7 Å². The number of likely N-dealkylation sites (N-methyl/N-ethyl adjacent to an activating group) is 1. The molecule has 2 aliphatic rings. The maximum absolute atomic E-state index is 12.2. The van der Waals surface area contributed by atoms with E-state index in [1.807, 2.05) is 13.1 Å². The van der Waals surface area contributed by atoms with Crippen LogP contribution in [0.4, 0.5) is 0 Å². The molecule has 1 aromatic rings. The van der Waals surface area contributed by atoms with E-state index in [4.69, 9.17) is 4.74 Å². The Morgan fingerprint density at radius 2 is 2.24 bits per heavy atom. The second-order valence-electron chi connectivity index (χ2n) is 6.10. The smallest absolute Gasteiger partial charge is 0.251 e. The summed E-state index contributed by atoms with van der Waals surface area (Å²) >= 11 is 0. The number of amides is 1. The summed E-state index contributed by atoms with van der Waals surface area (Å²) in [6.45, 7) is 2.89. The number of benzene rings is 1. The van der Waals surface area contributed by atoms with Crippen LogP contribution in [0.2, 0.25) is 0 Å². The van der Waals surface area contributed by atoms with Crippen molar-refractivity contribution in [2.75, 3.05) is 13.6 Å². The number of fused-ring (bicyclic) bond motifs is 1. The lowest BCUT2D eigenvalue weighted by atomic mass is 9.94. The first kappa shape index (κ1) is 14.5. The minimum Gasteiger partial charge on any atom is -0.373 e. The first-order chi connectivity index (χ1) is 10.2. The minimum atomic E-state index is 0.0555. The number of rotatable bonds is 3. The number of hydrogen-bond acceptors (Lipinski definition) is 3. The molecular weight excluding hydrogens is 264 g/mol. The predicted octanol–water partition coefficient (Wildman–Crippen LogP) is 2.19. The summed E-state index contributed by atoms with van der Waals surface area (Å²) in [5, 5.41) is 6.33. The molecule has 0 spiro atoms. The van der Waals surface area contributed by atoms with E-state index in [1.54, 1.807) is 0 Å². The van der Waals surface area contributed by atoms with Gasteiger partial charge in [-0.2, -0.15) is 0 Å². The third kappa shape index (κ3) is 2.97. The highest BCUT2D eigenvalue weighted by Crippen LogP contribution is 2.31. The molecule has 0 aliphatic carbocycles. The highest BCUT2D eigenvalue weighted by atomic mass is 16.5. The second kappa shape index (κ2) is 6.16. The van der Waals surface area contributed by atoms with Crippen LogP contribution in [0, 0.1) is 0 Å². The quantitative estimate of drug-likeness (QED) is 0.896. The lowest BCUT2D eigenvalue weighted by Gasteiger charge is -2.24. The third-order valence-electron chi connectivity index (χ3n) is 4.59. The number of nitrogens with one attached hydrogen (secondary N) is 2. The molecule has 114 valence electrons. The summed E-state index contributed by atoms with van der Waals surface area (Å²) < 4.78 is 6.00. The predicted molar refractivity (Wildman–Crippen MR) is 82.5 cm³/mol. The molecule has 21 heavy (non-hydrogen) atoms. The zero-order chi connectivity index (χ0) is 14.8. The minimum absolute atomic E-state index is 0.0555. The number of carbonyl (C=O) groups is 1. The highest BCUT2D eigenvalue weighted by molar-refractivity contribution is 5.96. The molecule has 0 saturated carbocycles. The summed E-state index contributed by atoms with van der Waals surface area (Å²) in [5.74, 6) is 0.0555. The van der Waals surface area contributed by atoms with Crippen LogP contribution in [0.15, 0.2) is 18.2 Å². The largest absolute Gasteiger partial charge is 0.373 e. The summed E-state index contributed by atoms with van der Waals surface area (Å²) in [5.41, 5.74) is 3.13. The molecule has 0 aromatic heterocycles. The Balaban J connectivity index is 1.89.